The highest BCUT2D eigenvalue weighted by molar-refractivity contribution is 4.82. The van der Waals surface area contributed by atoms with Gasteiger partial charge in [0.15, 0.2) is 0 Å². The number of hydrogen-bond acceptors (Lipinski definition) is 3. The van der Waals surface area contributed by atoms with Gasteiger partial charge in [0.2, 0.25) is 0 Å². The van der Waals surface area contributed by atoms with Gasteiger partial charge in [0.05, 0.1) is 0 Å². The average molecular weight is 198 g/mol. The Morgan fingerprint density at radius 2 is 2.29 bits per heavy atom. The van der Waals surface area contributed by atoms with Crippen molar-refractivity contribution in [2.75, 3.05) is 13.2 Å². The Kier molecular flexibility index (Phi) is 4.12. The van der Waals surface area contributed by atoms with Crippen LogP contribution in [0, 0.1) is 0 Å². The fraction of sp³-hybridized carbons (Fsp3) is 0.556. The van der Waals surface area contributed by atoms with E-state index in [0.717, 1.165) is 0 Å². The predicted octanol–water partition coefficient (Wildman–Crippen LogP) is -0.0368. The largest absolute Gasteiger partial charge is 0.382 e. The molecule has 0 unspecified atom stereocenters. The number of aromatic amines is 1. The molecule has 0 fully saturated rings. The van der Waals surface area contributed by atoms with Gasteiger partial charge in [-0.3, -0.25) is 9.36 Å². The molecule has 1 rings (SSSR count). The lowest BCUT2D eigenvalue weighted by Crippen LogP contribution is -2.34. The Labute approximate surface area is 81.3 Å². The molecular weight excluding hydrogens is 184 g/mol. The van der Waals surface area contributed by atoms with Crippen molar-refractivity contribution < 1.29 is 4.74 Å². The van der Waals surface area contributed by atoms with E-state index in [1.807, 2.05) is 6.92 Å². The van der Waals surface area contributed by atoms with Crippen LogP contribution in [0.1, 0.15) is 13.3 Å². The third kappa shape index (κ3) is 2.85. The van der Waals surface area contributed by atoms with Crippen molar-refractivity contribution in [1.82, 2.24) is 9.55 Å². The van der Waals surface area contributed by atoms with Gasteiger partial charge in [-0.25, -0.2) is 4.79 Å². The molecule has 1 heterocycles. The monoisotopic (exact) mass is 198 g/mol. The van der Waals surface area contributed by atoms with E-state index in [4.69, 9.17) is 4.74 Å². The summed E-state index contributed by atoms with van der Waals surface area (Å²) >= 11 is 0. The normalized spacial score (nSPS) is 10.4. The highest BCUT2D eigenvalue weighted by atomic mass is 16.5. The van der Waals surface area contributed by atoms with Crippen LogP contribution in [-0.2, 0) is 11.3 Å². The molecule has 0 aliphatic rings. The van der Waals surface area contributed by atoms with E-state index in [0.29, 0.717) is 26.2 Å². The Balaban J connectivity index is 2.59. The Morgan fingerprint density at radius 1 is 1.50 bits per heavy atom. The summed E-state index contributed by atoms with van der Waals surface area (Å²) in [5.74, 6) is 0. The third-order valence-electron chi connectivity index (χ3n) is 1.82. The van der Waals surface area contributed by atoms with E-state index in [9.17, 15) is 9.59 Å². The van der Waals surface area contributed by atoms with E-state index < -0.39 is 0 Å². The summed E-state index contributed by atoms with van der Waals surface area (Å²) in [6.45, 7) is 3.52. The zero-order chi connectivity index (χ0) is 10.4. The number of nitrogens with zero attached hydrogens (tertiary/aromatic N) is 1. The smallest absolute Gasteiger partial charge is 0.328 e. The maximum atomic E-state index is 11.2. The molecule has 0 aliphatic heterocycles. The summed E-state index contributed by atoms with van der Waals surface area (Å²) in [5.41, 5.74) is -0.640. The van der Waals surface area contributed by atoms with E-state index >= 15 is 0 Å². The zero-order valence-corrected chi connectivity index (χ0v) is 8.16. The number of hydrogen-bond donors (Lipinski definition) is 1. The zero-order valence-electron chi connectivity index (χ0n) is 8.16. The van der Waals surface area contributed by atoms with Crippen molar-refractivity contribution in [2.24, 2.45) is 0 Å². The molecule has 0 bridgehead atoms. The molecule has 1 aromatic rings. The van der Waals surface area contributed by atoms with E-state index in [1.165, 1.54) is 16.8 Å². The molecule has 0 aliphatic carbocycles. The number of ether oxygens (including phenoxy) is 1. The first-order chi connectivity index (χ1) is 6.75. The highest BCUT2D eigenvalue weighted by Gasteiger charge is 1.98. The van der Waals surface area contributed by atoms with Gasteiger partial charge >= 0.3 is 5.69 Å². The molecule has 0 saturated heterocycles. The Hall–Kier alpha value is -1.36. The summed E-state index contributed by atoms with van der Waals surface area (Å²) in [6, 6.07) is 1.34. The summed E-state index contributed by atoms with van der Waals surface area (Å²) in [6.07, 6.45) is 2.02. The van der Waals surface area contributed by atoms with Crippen molar-refractivity contribution >= 4 is 0 Å². The number of rotatable bonds is 5. The van der Waals surface area contributed by atoms with Gasteiger partial charge in [0, 0.05) is 32.0 Å². The first kappa shape index (κ1) is 10.7. The number of nitrogens with one attached hydrogen (secondary N) is 1. The lowest BCUT2D eigenvalue weighted by atomic mass is 10.4. The maximum absolute atomic E-state index is 11.2. The molecule has 14 heavy (non-hydrogen) atoms. The van der Waals surface area contributed by atoms with Crippen LogP contribution in [-0.4, -0.2) is 22.8 Å². The topological polar surface area (TPSA) is 64.1 Å². The molecule has 78 valence electrons. The number of H-pyrrole nitrogens is 1. The van der Waals surface area contributed by atoms with Gasteiger partial charge in [-0.2, -0.15) is 0 Å². The summed E-state index contributed by atoms with van der Waals surface area (Å²) in [4.78, 5) is 24.8. The SMILES string of the molecule is CCOCCCn1c(=O)cc[nH]c1=O. The van der Waals surface area contributed by atoms with Crippen LogP contribution in [0.3, 0.4) is 0 Å². The van der Waals surface area contributed by atoms with Crippen LogP contribution in [0.2, 0.25) is 0 Å². The van der Waals surface area contributed by atoms with Crippen molar-refractivity contribution in [3.63, 3.8) is 0 Å². The first-order valence-electron chi connectivity index (χ1n) is 4.62. The summed E-state index contributed by atoms with van der Waals surface area (Å²) < 4.78 is 6.27. The standard InChI is InChI=1S/C9H14N2O3/c1-2-14-7-3-6-11-8(12)4-5-10-9(11)13/h4-5H,2-3,6-7H2,1H3,(H,10,13). The molecule has 5 nitrogen and oxygen atoms in total. The predicted molar refractivity (Wildman–Crippen MR) is 52.4 cm³/mol. The van der Waals surface area contributed by atoms with Crippen LogP contribution < -0.4 is 11.2 Å². The average Bonchev–Trinajstić information content (AvgIpc) is 2.16. The molecule has 1 N–H and O–H groups in total. The van der Waals surface area contributed by atoms with Crippen LogP contribution in [0.25, 0.3) is 0 Å². The number of aromatic nitrogens is 2. The quantitative estimate of drug-likeness (QED) is 0.675. The third-order valence-corrected chi connectivity index (χ3v) is 1.82. The van der Waals surface area contributed by atoms with Gasteiger partial charge in [0.1, 0.15) is 0 Å². The molecule has 0 saturated carbocycles. The molecule has 1 aromatic heterocycles. The molecule has 0 spiro atoms. The van der Waals surface area contributed by atoms with E-state index in [2.05, 4.69) is 4.98 Å². The minimum atomic E-state index is -0.367. The summed E-state index contributed by atoms with van der Waals surface area (Å²) in [5, 5.41) is 0. The molecule has 0 amide bonds. The fourth-order valence-corrected chi connectivity index (χ4v) is 1.13. The lowest BCUT2D eigenvalue weighted by Gasteiger charge is -2.03. The second kappa shape index (κ2) is 5.39. The Morgan fingerprint density at radius 3 is 2.93 bits per heavy atom. The molecule has 0 radical (unpaired) electrons. The van der Waals surface area contributed by atoms with E-state index in [1.54, 1.807) is 0 Å². The van der Waals surface area contributed by atoms with Crippen molar-refractivity contribution in [3.8, 4) is 0 Å². The first-order valence-corrected chi connectivity index (χ1v) is 4.62. The second-order valence-corrected chi connectivity index (χ2v) is 2.82. The fourth-order valence-electron chi connectivity index (χ4n) is 1.13. The van der Waals surface area contributed by atoms with Crippen molar-refractivity contribution in [1.29, 1.82) is 0 Å². The lowest BCUT2D eigenvalue weighted by molar-refractivity contribution is 0.141. The highest BCUT2D eigenvalue weighted by Crippen LogP contribution is 1.84. The van der Waals surface area contributed by atoms with Gasteiger partial charge < -0.3 is 9.72 Å². The van der Waals surface area contributed by atoms with Gasteiger partial charge in [0.25, 0.3) is 5.56 Å². The molecule has 0 atom stereocenters. The molecule has 0 aromatic carbocycles. The van der Waals surface area contributed by atoms with Crippen LogP contribution in [0.4, 0.5) is 0 Å². The van der Waals surface area contributed by atoms with Gasteiger partial charge in [-0.15, -0.1) is 0 Å². The van der Waals surface area contributed by atoms with Crippen LogP contribution in [0.15, 0.2) is 21.9 Å². The molecular formula is C9H14N2O3. The van der Waals surface area contributed by atoms with Crippen LogP contribution >= 0.6 is 0 Å². The van der Waals surface area contributed by atoms with Gasteiger partial charge in [-0.05, 0) is 13.3 Å². The van der Waals surface area contributed by atoms with Gasteiger partial charge in [-0.1, -0.05) is 0 Å². The minimum absolute atomic E-state index is 0.273. The minimum Gasteiger partial charge on any atom is -0.382 e. The van der Waals surface area contributed by atoms with Crippen LogP contribution in [0.5, 0.6) is 0 Å². The maximum Gasteiger partial charge on any atom is 0.328 e. The van der Waals surface area contributed by atoms with E-state index in [-0.39, 0.29) is 11.2 Å². The Bertz CT molecular complexity index is 352. The summed E-state index contributed by atoms with van der Waals surface area (Å²) in [7, 11) is 0. The van der Waals surface area contributed by atoms with Crippen molar-refractivity contribution in [2.45, 2.75) is 19.9 Å². The molecule has 5 heteroatoms. The second-order valence-electron chi connectivity index (χ2n) is 2.82. The van der Waals surface area contributed by atoms with Crippen molar-refractivity contribution in [3.05, 3.63) is 33.1 Å².